The van der Waals surface area contributed by atoms with Crippen molar-refractivity contribution in [2.24, 2.45) is 0 Å². The predicted octanol–water partition coefficient (Wildman–Crippen LogP) is 5.83. The monoisotopic (exact) mass is 477 g/mol. The van der Waals surface area contributed by atoms with E-state index in [1.54, 1.807) is 11.3 Å². The summed E-state index contributed by atoms with van der Waals surface area (Å²) in [4.78, 5) is 0. The molecule has 7 rings (SSSR count). The molecule has 0 saturated heterocycles. The summed E-state index contributed by atoms with van der Waals surface area (Å²) in [6, 6.07) is 25.9. The van der Waals surface area contributed by atoms with Gasteiger partial charge in [-0.15, -0.1) is 11.3 Å². The Morgan fingerprint density at radius 3 is 1.83 bits per heavy atom. The van der Waals surface area contributed by atoms with Crippen LogP contribution in [0.25, 0.3) is 30.6 Å². The SMILES string of the molecule is S=c1sc2ccccc2n1[B-]1[n+]2c(sc3ccccc32)Sc2sc3ccccc3[n+]21. The molecule has 3 aromatic carbocycles. The normalized spacial score (nSPS) is 13.9. The van der Waals surface area contributed by atoms with Gasteiger partial charge in [0.15, 0.2) is 11.0 Å². The average Bonchev–Trinajstić information content (AvgIpc) is 3.42. The number of para-hydroxylation sites is 3. The summed E-state index contributed by atoms with van der Waals surface area (Å²) in [5.74, 6) is 0. The Labute approximate surface area is 193 Å². The molecule has 0 spiro atoms. The molecular formula is C21H12BN3S5+. The average molecular weight is 477 g/mol. The highest BCUT2D eigenvalue weighted by Gasteiger charge is 2.46. The lowest BCUT2D eigenvalue weighted by atomic mass is 9.90. The molecule has 1 radical (unpaired) electrons. The molecule has 0 saturated carbocycles. The molecule has 0 fully saturated rings. The minimum Gasteiger partial charge on any atom is -0.386 e. The van der Waals surface area contributed by atoms with Gasteiger partial charge in [-0.2, -0.15) is 0 Å². The number of hydrogen-bond acceptors (Lipinski definition) is 5. The van der Waals surface area contributed by atoms with Gasteiger partial charge < -0.3 is 13.4 Å². The van der Waals surface area contributed by atoms with Crippen LogP contribution in [0.3, 0.4) is 0 Å². The summed E-state index contributed by atoms with van der Waals surface area (Å²) >= 11 is 13.2. The van der Waals surface area contributed by atoms with Crippen molar-refractivity contribution in [3.63, 3.8) is 0 Å². The highest BCUT2D eigenvalue weighted by atomic mass is 32.2. The van der Waals surface area contributed by atoms with Gasteiger partial charge in [0.25, 0.3) is 8.68 Å². The number of aromatic nitrogens is 3. The van der Waals surface area contributed by atoms with Gasteiger partial charge >= 0.3 is 7.12 Å². The summed E-state index contributed by atoms with van der Waals surface area (Å²) in [5, 5.41) is 0. The van der Waals surface area contributed by atoms with Crippen molar-refractivity contribution in [2.45, 2.75) is 8.68 Å². The van der Waals surface area contributed by atoms with Crippen LogP contribution in [0.4, 0.5) is 0 Å². The lowest BCUT2D eigenvalue weighted by Crippen LogP contribution is -2.76. The fraction of sp³-hybridized carbons (Fsp3) is 0. The third kappa shape index (κ3) is 2.35. The van der Waals surface area contributed by atoms with Crippen LogP contribution in [0.15, 0.2) is 81.5 Å². The van der Waals surface area contributed by atoms with E-state index in [0.29, 0.717) is 0 Å². The first kappa shape index (κ1) is 17.6. The molecule has 30 heavy (non-hydrogen) atoms. The van der Waals surface area contributed by atoms with Crippen LogP contribution in [0.2, 0.25) is 0 Å². The zero-order chi connectivity index (χ0) is 19.8. The molecule has 4 heterocycles. The Balaban J connectivity index is 1.67. The van der Waals surface area contributed by atoms with Gasteiger partial charge in [-0.05, 0) is 24.3 Å². The van der Waals surface area contributed by atoms with E-state index in [0.717, 1.165) is 3.95 Å². The topological polar surface area (TPSA) is 12.7 Å². The summed E-state index contributed by atoms with van der Waals surface area (Å²) in [6.07, 6.45) is 0. The van der Waals surface area contributed by atoms with E-state index >= 15 is 0 Å². The molecule has 6 aromatic rings. The van der Waals surface area contributed by atoms with Crippen molar-refractivity contribution in [3.05, 3.63) is 76.8 Å². The van der Waals surface area contributed by atoms with Crippen LogP contribution >= 0.6 is 58.0 Å². The minimum absolute atomic E-state index is 0.0628. The van der Waals surface area contributed by atoms with Crippen LogP contribution in [-0.2, 0) is 0 Å². The van der Waals surface area contributed by atoms with Crippen molar-refractivity contribution < 1.29 is 8.96 Å². The standard InChI is InChI=1S/C21H12BN3S5/c26-19-23(13-7-1-4-10-16(13)27-19)22-24-14-8-2-5-11-17(14)28-20(24)30-21-25(22)15-9-3-6-12-18(15)29-21/h1-12H/q+1. The van der Waals surface area contributed by atoms with Gasteiger partial charge in [0.2, 0.25) is 0 Å². The molecule has 143 valence electrons. The first-order valence-corrected chi connectivity index (χ1v) is 13.1. The molecule has 0 unspecified atom stereocenters. The Bertz CT molecular complexity index is 1600. The maximum atomic E-state index is 5.94. The molecule has 3 nitrogen and oxygen atoms in total. The quantitative estimate of drug-likeness (QED) is 0.218. The third-order valence-electron chi connectivity index (χ3n) is 5.42. The molecular weight excluding hydrogens is 465 g/mol. The number of hydrogen-bond donors (Lipinski definition) is 0. The van der Waals surface area contributed by atoms with Gasteiger partial charge in [0.05, 0.1) is 16.5 Å². The van der Waals surface area contributed by atoms with E-state index in [1.165, 1.54) is 39.3 Å². The number of fused-ring (bicyclic) bond motifs is 7. The van der Waals surface area contributed by atoms with Gasteiger partial charge in [0, 0.05) is 17.6 Å². The largest absolute Gasteiger partial charge is 0.703 e. The van der Waals surface area contributed by atoms with Crippen molar-refractivity contribution in [3.8, 4) is 0 Å². The number of benzene rings is 3. The number of nitrogens with zero attached hydrogens (tertiary/aromatic N) is 3. The van der Waals surface area contributed by atoms with E-state index in [4.69, 9.17) is 12.2 Å². The molecule has 0 amide bonds. The first-order valence-electron chi connectivity index (χ1n) is 9.44. The zero-order valence-corrected chi connectivity index (χ0v) is 19.5. The molecule has 3 aromatic heterocycles. The van der Waals surface area contributed by atoms with Crippen LogP contribution in [0.5, 0.6) is 0 Å². The smallest absolute Gasteiger partial charge is 0.386 e. The van der Waals surface area contributed by atoms with E-state index in [-0.39, 0.29) is 7.12 Å². The van der Waals surface area contributed by atoms with Crippen molar-refractivity contribution in [1.29, 1.82) is 0 Å². The Hall–Kier alpha value is -2.04. The van der Waals surface area contributed by atoms with Crippen molar-refractivity contribution in [2.75, 3.05) is 0 Å². The van der Waals surface area contributed by atoms with E-state index in [9.17, 15) is 0 Å². The molecule has 0 atom stereocenters. The van der Waals surface area contributed by atoms with E-state index in [2.05, 4.69) is 86.2 Å². The van der Waals surface area contributed by atoms with Crippen LogP contribution in [-0.4, -0.2) is 11.6 Å². The molecule has 1 aliphatic heterocycles. The zero-order valence-electron chi connectivity index (χ0n) is 15.4. The van der Waals surface area contributed by atoms with E-state index in [1.807, 2.05) is 34.4 Å². The van der Waals surface area contributed by atoms with Gasteiger partial charge in [0.1, 0.15) is 13.4 Å². The Morgan fingerprint density at radius 2 is 1.20 bits per heavy atom. The fourth-order valence-electron chi connectivity index (χ4n) is 4.17. The predicted molar refractivity (Wildman–Crippen MR) is 131 cm³/mol. The minimum atomic E-state index is -0.0628. The molecule has 0 N–H and O–H groups in total. The molecule has 0 bridgehead atoms. The second kappa shape index (κ2) is 6.48. The van der Waals surface area contributed by atoms with Gasteiger partial charge in [-0.25, -0.2) is 0 Å². The maximum absolute atomic E-state index is 5.94. The fourth-order valence-corrected chi connectivity index (χ4v) is 9.56. The summed E-state index contributed by atoms with van der Waals surface area (Å²) < 4.78 is 14.6. The van der Waals surface area contributed by atoms with Crippen molar-refractivity contribution in [1.82, 2.24) is 4.48 Å². The van der Waals surface area contributed by atoms with Crippen LogP contribution < -0.4 is 8.96 Å². The lowest BCUT2D eigenvalue weighted by Gasteiger charge is -2.21. The number of thiazole rings is 3. The highest BCUT2D eigenvalue weighted by Crippen LogP contribution is 2.39. The maximum Gasteiger partial charge on any atom is 0.703 e. The van der Waals surface area contributed by atoms with Crippen LogP contribution in [0, 0.1) is 3.95 Å². The van der Waals surface area contributed by atoms with Crippen molar-refractivity contribution >= 4 is 95.8 Å². The van der Waals surface area contributed by atoms with Gasteiger partial charge in [-0.3, -0.25) is 0 Å². The van der Waals surface area contributed by atoms with Gasteiger partial charge in [-0.1, -0.05) is 71.3 Å². The highest BCUT2D eigenvalue weighted by molar-refractivity contribution is 8.02. The Morgan fingerprint density at radius 1 is 0.667 bits per heavy atom. The third-order valence-corrected chi connectivity index (χ3v) is 10.4. The van der Waals surface area contributed by atoms with E-state index < -0.39 is 0 Å². The second-order valence-electron chi connectivity index (χ2n) is 7.07. The summed E-state index contributed by atoms with van der Waals surface area (Å²) in [5.41, 5.74) is 3.69. The second-order valence-corrected chi connectivity index (χ2v) is 12.3. The molecule has 1 aliphatic rings. The Kier molecular flexibility index (Phi) is 3.81. The summed E-state index contributed by atoms with van der Waals surface area (Å²) in [6.45, 7) is 0. The summed E-state index contributed by atoms with van der Waals surface area (Å²) in [7, 11) is -0.0628. The first-order chi connectivity index (χ1) is 14.8. The lowest BCUT2D eigenvalue weighted by molar-refractivity contribution is -0.689. The van der Waals surface area contributed by atoms with Crippen LogP contribution in [0.1, 0.15) is 0 Å². The molecule has 9 heteroatoms. The number of rotatable bonds is 1. The molecule has 0 aliphatic carbocycles.